The van der Waals surface area contributed by atoms with Gasteiger partial charge in [-0.15, -0.1) is 16.4 Å². The molecule has 7 nitrogen and oxygen atoms in total. The molecule has 0 spiro atoms. The predicted octanol–water partition coefficient (Wildman–Crippen LogP) is 4.59. The summed E-state index contributed by atoms with van der Waals surface area (Å²) in [6.45, 7) is 1.93. The Kier molecular flexibility index (Phi) is 6.05. The Bertz CT molecular complexity index is 1380. The molecule has 0 fully saturated rings. The van der Waals surface area contributed by atoms with E-state index in [0.29, 0.717) is 24.7 Å². The maximum Gasteiger partial charge on any atom is 0.223 e. The van der Waals surface area contributed by atoms with E-state index in [4.69, 9.17) is 0 Å². The predicted molar refractivity (Wildman–Crippen MR) is 130 cm³/mol. The fourth-order valence-corrected chi connectivity index (χ4v) is 4.96. The summed E-state index contributed by atoms with van der Waals surface area (Å²) in [5, 5.41) is 15.1. The number of anilines is 1. The molecule has 0 atom stereocenters. The maximum absolute atomic E-state index is 14.7. The molecule has 33 heavy (non-hydrogen) atoms. The number of halogens is 1. The van der Waals surface area contributed by atoms with Crippen LogP contribution in [0.2, 0.25) is 0 Å². The number of benzene rings is 2. The summed E-state index contributed by atoms with van der Waals surface area (Å²) in [4.78, 5) is 9.32. The molecule has 3 aromatic heterocycles. The minimum atomic E-state index is -0.444. The van der Waals surface area contributed by atoms with Crippen molar-refractivity contribution in [3.05, 3.63) is 78.5 Å². The van der Waals surface area contributed by atoms with E-state index in [9.17, 15) is 4.39 Å². The zero-order chi connectivity index (χ0) is 22.6. The molecule has 0 unspecified atom stereocenters. The Labute approximate surface area is 194 Å². The molecule has 0 amide bonds. The van der Waals surface area contributed by atoms with E-state index in [1.807, 2.05) is 31.3 Å². The zero-order valence-corrected chi connectivity index (χ0v) is 18.8. The fourth-order valence-electron chi connectivity index (χ4n) is 3.78. The molecule has 0 saturated carbocycles. The topological polar surface area (TPSA) is 80.5 Å². The van der Waals surface area contributed by atoms with E-state index in [1.165, 1.54) is 17.3 Å². The van der Waals surface area contributed by atoms with Crippen molar-refractivity contribution >= 4 is 27.4 Å². The van der Waals surface area contributed by atoms with Crippen molar-refractivity contribution in [2.24, 2.45) is 0 Å². The second-order valence-corrected chi connectivity index (χ2v) is 8.56. The minimum Gasteiger partial charge on any atom is -0.352 e. The number of nitrogens with zero attached hydrogens (tertiary/aromatic N) is 5. The van der Waals surface area contributed by atoms with E-state index < -0.39 is 5.82 Å². The second kappa shape index (κ2) is 9.43. The Morgan fingerprint density at radius 2 is 1.97 bits per heavy atom. The average molecular weight is 460 g/mol. The van der Waals surface area contributed by atoms with Gasteiger partial charge < -0.3 is 10.6 Å². The molecule has 0 radical (unpaired) electrons. The van der Waals surface area contributed by atoms with E-state index in [-0.39, 0.29) is 0 Å². The third-order valence-electron chi connectivity index (χ3n) is 5.29. The zero-order valence-electron chi connectivity index (χ0n) is 18.0. The van der Waals surface area contributed by atoms with Crippen LogP contribution >= 0.6 is 11.3 Å². The van der Waals surface area contributed by atoms with E-state index in [0.717, 1.165) is 27.1 Å². The SMILES string of the molecule is CNCc1ccccc1-c1cccc2cc(-c3nc(NCCn4ccnn4)ncc3F)sc12. The highest BCUT2D eigenvalue weighted by Gasteiger charge is 2.16. The highest BCUT2D eigenvalue weighted by molar-refractivity contribution is 7.22. The summed E-state index contributed by atoms with van der Waals surface area (Å²) in [6, 6.07) is 16.5. The van der Waals surface area contributed by atoms with E-state index in [1.54, 1.807) is 28.4 Å². The molecule has 0 bridgehead atoms. The van der Waals surface area contributed by atoms with Crippen LogP contribution in [0.3, 0.4) is 0 Å². The first kappa shape index (κ1) is 21.2. The molecular formula is C24H22FN7S. The third-order valence-corrected chi connectivity index (χ3v) is 6.48. The Morgan fingerprint density at radius 3 is 2.82 bits per heavy atom. The lowest BCUT2D eigenvalue weighted by Gasteiger charge is -2.10. The molecule has 166 valence electrons. The first-order valence-electron chi connectivity index (χ1n) is 10.6. The van der Waals surface area contributed by atoms with Gasteiger partial charge in [-0.25, -0.2) is 14.4 Å². The average Bonchev–Trinajstić information content (AvgIpc) is 3.50. The molecule has 0 aliphatic rings. The Morgan fingerprint density at radius 1 is 1.09 bits per heavy atom. The lowest BCUT2D eigenvalue weighted by Crippen LogP contribution is -2.13. The number of nitrogens with one attached hydrogen (secondary N) is 2. The molecule has 0 aliphatic carbocycles. The van der Waals surface area contributed by atoms with Crippen LogP contribution in [0.4, 0.5) is 10.3 Å². The molecule has 9 heteroatoms. The normalized spacial score (nSPS) is 11.2. The molecule has 0 aliphatic heterocycles. The molecule has 2 aromatic carbocycles. The van der Waals surface area contributed by atoms with Crippen LogP contribution in [0.15, 0.2) is 67.1 Å². The van der Waals surface area contributed by atoms with Crippen LogP contribution in [0.1, 0.15) is 5.56 Å². The largest absolute Gasteiger partial charge is 0.352 e. The number of rotatable bonds is 8. The van der Waals surface area contributed by atoms with Gasteiger partial charge in [-0.1, -0.05) is 47.7 Å². The Balaban J connectivity index is 1.48. The molecule has 5 aromatic rings. The van der Waals surface area contributed by atoms with Gasteiger partial charge in [0.25, 0.3) is 0 Å². The highest BCUT2D eigenvalue weighted by atomic mass is 32.1. The van der Waals surface area contributed by atoms with Gasteiger partial charge in [-0.3, -0.25) is 4.68 Å². The number of thiophene rings is 1. The maximum atomic E-state index is 14.7. The van der Waals surface area contributed by atoms with Crippen LogP contribution in [0.5, 0.6) is 0 Å². The van der Waals surface area contributed by atoms with Gasteiger partial charge in [0.1, 0.15) is 5.69 Å². The Hall–Kier alpha value is -3.69. The summed E-state index contributed by atoms with van der Waals surface area (Å²) in [6.07, 6.45) is 4.62. The number of fused-ring (bicyclic) bond motifs is 1. The fraction of sp³-hybridized carbons (Fsp3) is 0.167. The van der Waals surface area contributed by atoms with Crippen LogP contribution in [0, 0.1) is 5.82 Å². The van der Waals surface area contributed by atoms with Crippen LogP contribution < -0.4 is 10.6 Å². The van der Waals surface area contributed by atoms with Crippen LogP contribution in [-0.2, 0) is 13.1 Å². The van der Waals surface area contributed by atoms with Gasteiger partial charge in [0, 0.05) is 24.0 Å². The quantitative estimate of drug-likeness (QED) is 0.353. The van der Waals surface area contributed by atoms with Crippen molar-refractivity contribution in [1.29, 1.82) is 0 Å². The van der Waals surface area contributed by atoms with E-state index >= 15 is 0 Å². The summed E-state index contributed by atoms with van der Waals surface area (Å²) < 4.78 is 17.6. The molecule has 3 heterocycles. The minimum absolute atomic E-state index is 0.295. The summed E-state index contributed by atoms with van der Waals surface area (Å²) in [5.41, 5.74) is 3.82. The van der Waals surface area contributed by atoms with Crippen molar-refractivity contribution < 1.29 is 4.39 Å². The summed E-state index contributed by atoms with van der Waals surface area (Å²) in [5.74, 6) is -0.0657. The highest BCUT2D eigenvalue weighted by Crippen LogP contribution is 2.40. The van der Waals surface area contributed by atoms with Crippen molar-refractivity contribution in [2.45, 2.75) is 13.1 Å². The van der Waals surface area contributed by atoms with Crippen molar-refractivity contribution in [1.82, 2.24) is 30.3 Å². The summed E-state index contributed by atoms with van der Waals surface area (Å²) in [7, 11) is 1.94. The monoisotopic (exact) mass is 459 g/mol. The van der Waals surface area contributed by atoms with Crippen molar-refractivity contribution in [3.63, 3.8) is 0 Å². The summed E-state index contributed by atoms with van der Waals surface area (Å²) >= 11 is 1.54. The van der Waals surface area contributed by atoms with Crippen molar-refractivity contribution in [2.75, 3.05) is 18.9 Å². The van der Waals surface area contributed by atoms with Crippen LogP contribution in [0.25, 0.3) is 31.8 Å². The van der Waals surface area contributed by atoms with Gasteiger partial charge in [-0.05, 0) is 35.2 Å². The van der Waals surface area contributed by atoms with Gasteiger partial charge in [0.15, 0.2) is 5.82 Å². The molecule has 2 N–H and O–H groups in total. The first-order chi connectivity index (χ1) is 16.2. The van der Waals surface area contributed by atoms with Gasteiger partial charge >= 0.3 is 0 Å². The number of aromatic nitrogens is 5. The van der Waals surface area contributed by atoms with Crippen LogP contribution in [-0.4, -0.2) is 38.6 Å². The number of hydrogen-bond acceptors (Lipinski definition) is 7. The standard InChI is InChI=1S/C24H22FN7S/c1-26-14-17-5-2-3-7-18(17)19-8-4-6-16-13-21(33-23(16)19)22-20(25)15-28-24(30-22)27-9-11-32-12-10-29-31-32/h2-8,10,12-13,15,26H,9,11,14H2,1H3,(H,27,28,30). The van der Waals surface area contributed by atoms with Gasteiger partial charge in [0.05, 0.1) is 23.8 Å². The van der Waals surface area contributed by atoms with Gasteiger partial charge in [-0.2, -0.15) is 0 Å². The smallest absolute Gasteiger partial charge is 0.223 e. The molecule has 0 saturated heterocycles. The van der Waals surface area contributed by atoms with Gasteiger partial charge in [0.2, 0.25) is 5.95 Å². The first-order valence-corrected chi connectivity index (χ1v) is 11.4. The molecular weight excluding hydrogens is 437 g/mol. The van der Waals surface area contributed by atoms with Crippen molar-refractivity contribution in [3.8, 4) is 21.7 Å². The number of hydrogen-bond donors (Lipinski definition) is 2. The third kappa shape index (κ3) is 4.46. The lowest BCUT2D eigenvalue weighted by molar-refractivity contribution is 0.604. The second-order valence-electron chi connectivity index (χ2n) is 7.51. The van der Waals surface area contributed by atoms with E-state index in [2.05, 4.69) is 55.2 Å². The lowest BCUT2D eigenvalue weighted by atomic mass is 9.98. The molecule has 5 rings (SSSR count).